The highest BCUT2D eigenvalue weighted by Gasteiger charge is 2.53. The summed E-state index contributed by atoms with van der Waals surface area (Å²) >= 11 is 0. The minimum absolute atomic E-state index is 0.0584. The number of nitrogens with one attached hydrogen (secondary N) is 6. The summed E-state index contributed by atoms with van der Waals surface area (Å²) in [6, 6.07) is 23.2. The monoisotopic (exact) mass is 906 g/mol. The van der Waals surface area contributed by atoms with Crippen LogP contribution in [0.25, 0.3) is 68.6 Å². The molecule has 346 valence electrons. The van der Waals surface area contributed by atoms with E-state index in [0.717, 1.165) is 47.8 Å². The number of hydrogen-bond donors (Lipinski definition) is 6. The van der Waals surface area contributed by atoms with E-state index < -0.39 is 0 Å². The molecule has 4 amide bonds. The van der Waals surface area contributed by atoms with Crippen molar-refractivity contribution in [2.24, 2.45) is 45.3 Å². The van der Waals surface area contributed by atoms with Crippen molar-refractivity contribution in [1.82, 2.24) is 19.9 Å². The number of hydrogen-bond acceptors (Lipinski definition) is 6. The molecule has 0 saturated heterocycles. The fourth-order valence-electron chi connectivity index (χ4n) is 10.2. The van der Waals surface area contributed by atoms with Crippen LogP contribution in [0.4, 0.5) is 22.7 Å². The van der Waals surface area contributed by atoms with E-state index in [1.54, 1.807) is 0 Å². The predicted octanol–water partition coefficient (Wildman–Crippen LogP) is 11.9. The Morgan fingerprint density at radius 3 is 1.01 bits per heavy atom. The van der Waals surface area contributed by atoms with E-state index in [9.17, 15) is 19.2 Å². The van der Waals surface area contributed by atoms with Crippen LogP contribution in [0.3, 0.4) is 0 Å². The highest BCUT2D eigenvalue weighted by molar-refractivity contribution is 6.11. The maximum Gasteiger partial charge on any atom is 0.228 e. The smallest absolute Gasteiger partial charge is 0.228 e. The molecule has 68 heavy (non-hydrogen) atoms. The molecule has 12 heteroatoms. The summed E-state index contributed by atoms with van der Waals surface area (Å²) < 4.78 is 0. The Kier molecular flexibility index (Phi) is 9.73. The molecule has 2 aromatic carbocycles. The molecule has 6 N–H and O–H groups in total. The van der Waals surface area contributed by atoms with Gasteiger partial charge in [-0.05, 0) is 132 Å². The van der Waals surface area contributed by atoms with E-state index in [2.05, 4.69) is 86.6 Å². The van der Waals surface area contributed by atoms with Crippen molar-refractivity contribution in [2.75, 3.05) is 21.3 Å². The van der Waals surface area contributed by atoms with Crippen LogP contribution in [0, 0.1) is 45.3 Å². The zero-order chi connectivity index (χ0) is 47.7. The van der Waals surface area contributed by atoms with Crippen molar-refractivity contribution in [2.45, 2.75) is 81.1 Å². The Hall–Kier alpha value is -7.08. The third-order valence-electron chi connectivity index (χ3n) is 15.4. The lowest BCUT2D eigenvalue weighted by atomic mass is 9.98. The van der Waals surface area contributed by atoms with Crippen LogP contribution in [0.5, 0.6) is 0 Å². The number of H-pyrrole nitrogens is 2. The van der Waals surface area contributed by atoms with E-state index in [4.69, 9.17) is 9.97 Å². The number of benzene rings is 2. The van der Waals surface area contributed by atoms with Gasteiger partial charge in [0.1, 0.15) is 0 Å². The van der Waals surface area contributed by atoms with Crippen molar-refractivity contribution >= 4 is 92.7 Å². The summed E-state index contributed by atoms with van der Waals surface area (Å²) in [4.78, 5) is 73.0. The number of carbonyl (C=O) groups excluding carboxylic acids is 4. The van der Waals surface area contributed by atoms with Gasteiger partial charge >= 0.3 is 0 Å². The molecule has 4 saturated carbocycles. The summed E-state index contributed by atoms with van der Waals surface area (Å²) in [7, 11) is 0. The topological polar surface area (TPSA) is 174 Å². The van der Waals surface area contributed by atoms with Gasteiger partial charge in [0.2, 0.25) is 23.6 Å². The summed E-state index contributed by atoms with van der Waals surface area (Å²) in [5.74, 6) is -0.730. The van der Waals surface area contributed by atoms with Crippen LogP contribution in [0.2, 0.25) is 0 Å². The summed E-state index contributed by atoms with van der Waals surface area (Å²) in [5, 5.41) is 13.0. The van der Waals surface area contributed by atoms with E-state index >= 15 is 0 Å². The molecule has 4 aliphatic carbocycles. The van der Waals surface area contributed by atoms with Crippen molar-refractivity contribution in [3.8, 4) is 22.3 Å². The fourth-order valence-corrected chi connectivity index (χ4v) is 10.2. The summed E-state index contributed by atoms with van der Waals surface area (Å²) in [6.45, 7) is 16.8. The Morgan fingerprint density at radius 2 is 0.735 bits per heavy atom. The van der Waals surface area contributed by atoms with Gasteiger partial charge in [-0.15, -0.1) is 0 Å². The van der Waals surface area contributed by atoms with E-state index in [1.807, 2.05) is 97.1 Å². The van der Waals surface area contributed by atoms with Gasteiger partial charge in [-0.2, -0.15) is 0 Å². The second kappa shape index (κ2) is 15.2. The molecule has 0 spiro atoms. The Bertz CT molecular complexity index is 2950. The third-order valence-corrected chi connectivity index (χ3v) is 15.4. The Balaban J connectivity index is 1.10. The molecule has 12 nitrogen and oxygen atoms in total. The van der Waals surface area contributed by atoms with Crippen molar-refractivity contribution in [1.29, 1.82) is 0 Å². The van der Waals surface area contributed by atoms with Gasteiger partial charge in [-0.1, -0.05) is 67.5 Å². The molecule has 5 heterocycles. The van der Waals surface area contributed by atoms with Gasteiger partial charge in [0, 0.05) is 68.0 Å². The average Bonchev–Trinajstić information content (AvgIpc) is 4.09. The van der Waals surface area contributed by atoms with Crippen molar-refractivity contribution in [3.05, 3.63) is 95.6 Å². The minimum atomic E-state index is -0.124. The minimum Gasteiger partial charge on any atom is -0.355 e. The normalized spacial score (nSPS) is 22.5. The van der Waals surface area contributed by atoms with Gasteiger partial charge in [-0.3, -0.25) is 19.2 Å². The second-order valence-electron chi connectivity index (χ2n) is 22.6. The van der Waals surface area contributed by atoms with Gasteiger partial charge in [-0.25, -0.2) is 9.97 Å². The first-order valence-corrected chi connectivity index (χ1v) is 23.9. The number of anilines is 4. The first kappa shape index (κ1) is 43.5. The Labute approximate surface area is 396 Å². The number of amides is 4. The molecule has 2 aliphatic heterocycles. The van der Waals surface area contributed by atoms with Crippen molar-refractivity contribution < 1.29 is 19.2 Å². The number of aromatic nitrogens is 4. The highest BCUT2D eigenvalue weighted by atomic mass is 16.2. The number of fused-ring (bicyclic) bond motifs is 8. The van der Waals surface area contributed by atoms with E-state index in [0.29, 0.717) is 67.8 Å². The number of nitrogens with zero attached hydrogens (tertiary/aromatic N) is 2. The molecular formula is C56H58N8O4. The number of rotatable bonds is 10. The van der Waals surface area contributed by atoms with Crippen LogP contribution < -0.4 is 21.3 Å². The van der Waals surface area contributed by atoms with Gasteiger partial charge in [0.05, 0.1) is 45.5 Å². The molecule has 4 fully saturated rings. The SMILES string of the molecule is CC1(C)C[C@@H]1C(=O)Nc1cccc(NC(=O)[C@H]2CC2(C)C)c1-c1c2nc(cc3ccc([nH]3)c(-c3c(NC(=O)[C@H]4CC4(C)C)cccc3NC(=O)[C@H]3CC3(C)C)c3nc(cc4ccc1[nH]4)C=C3)C=C2. The molecule has 6 aliphatic rings. The molecule has 4 atom stereocenters. The first-order valence-electron chi connectivity index (χ1n) is 23.9. The van der Waals surface area contributed by atoms with Gasteiger partial charge in [0.25, 0.3) is 0 Å². The first-order chi connectivity index (χ1) is 32.2. The lowest BCUT2D eigenvalue weighted by Crippen LogP contribution is -2.19. The van der Waals surface area contributed by atoms with E-state index in [1.165, 1.54) is 0 Å². The molecule has 0 radical (unpaired) electrons. The average molecular weight is 907 g/mol. The molecule has 0 unspecified atom stereocenters. The second-order valence-corrected chi connectivity index (χ2v) is 22.6. The fraction of sp³-hybridized carbons (Fsp3) is 0.357. The Morgan fingerprint density at radius 1 is 0.441 bits per heavy atom. The van der Waals surface area contributed by atoms with Crippen LogP contribution in [-0.2, 0) is 19.2 Å². The number of carbonyl (C=O) groups is 4. The van der Waals surface area contributed by atoms with Crippen LogP contribution in [0.15, 0.2) is 72.8 Å². The maximum absolute atomic E-state index is 13.8. The lowest BCUT2D eigenvalue weighted by Gasteiger charge is -2.18. The van der Waals surface area contributed by atoms with E-state index in [-0.39, 0.29) is 69.0 Å². The number of aromatic amines is 2. The standard InChI is InChI=1S/C56H58N8O4/c1-53(2)25-33(53)49(65)61-37-11-9-12-38(62-50(66)34-26-54(34,3)4)45(37)47-41-19-15-29(57-41)23-31-17-21-43(59-31)48(44-22-18-32(60-44)24-30-16-20-42(47)58-30)46-39(63-51(67)35-27-55(35,5)6)13-10-14-40(46)64-52(68)36-28-56(36,7)8/h9-24,33-36,57,60H,25-28H2,1-8H3,(H,61,65)(H,62,66)(H,63,67)(H,64,68)/t33-,34-,35-,36-/m1/s1. The quantitative estimate of drug-likeness (QED) is 0.0797. The zero-order valence-corrected chi connectivity index (χ0v) is 39.9. The third kappa shape index (κ3) is 8.03. The maximum atomic E-state index is 13.8. The van der Waals surface area contributed by atoms with Crippen LogP contribution in [-0.4, -0.2) is 43.6 Å². The largest absolute Gasteiger partial charge is 0.355 e. The molecule has 11 rings (SSSR count). The summed E-state index contributed by atoms with van der Waals surface area (Å²) in [5.41, 5.74) is 10.3. The van der Waals surface area contributed by atoms with Crippen molar-refractivity contribution in [3.63, 3.8) is 0 Å². The molecule has 5 aromatic rings. The lowest BCUT2D eigenvalue weighted by molar-refractivity contribution is -0.118. The zero-order valence-electron chi connectivity index (χ0n) is 39.9. The summed E-state index contributed by atoms with van der Waals surface area (Å²) in [6.07, 6.45) is 11.0. The van der Waals surface area contributed by atoms with Gasteiger partial charge in [0.15, 0.2) is 0 Å². The molecular weight excluding hydrogens is 849 g/mol. The van der Waals surface area contributed by atoms with Crippen LogP contribution >= 0.6 is 0 Å². The van der Waals surface area contributed by atoms with Crippen LogP contribution in [0.1, 0.15) is 104 Å². The molecule has 3 aromatic heterocycles. The predicted molar refractivity (Wildman–Crippen MR) is 272 cm³/mol. The molecule has 8 bridgehead atoms. The van der Waals surface area contributed by atoms with Gasteiger partial charge < -0.3 is 31.2 Å². The highest BCUT2D eigenvalue weighted by Crippen LogP contribution is 2.55.